The lowest BCUT2D eigenvalue weighted by Crippen LogP contribution is -2.49. The van der Waals surface area contributed by atoms with Crippen molar-refractivity contribution in [3.05, 3.63) is 30.1 Å². The van der Waals surface area contributed by atoms with E-state index in [1.54, 1.807) is 6.07 Å². The number of amides is 1. The van der Waals surface area contributed by atoms with E-state index < -0.39 is 0 Å². The van der Waals surface area contributed by atoms with Gasteiger partial charge in [-0.3, -0.25) is 4.79 Å². The van der Waals surface area contributed by atoms with Gasteiger partial charge < -0.3 is 14.7 Å². The lowest BCUT2D eigenvalue weighted by atomic mass is 10.1. The molecule has 4 nitrogen and oxygen atoms in total. The van der Waals surface area contributed by atoms with E-state index in [1.165, 1.54) is 25.3 Å². The largest absolute Gasteiger partial charge is 0.366 e. The van der Waals surface area contributed by atoms with E-state index in [9.17, 15) is 9.18 Å². The summed E-state index contributed by atoms with van der Waals surface area (Å²) in [6.07, 6.45) is 4.45. The van der Waals surface area contributed by atoms with Crippen molar-refractivity contribution in [1.82, 2.24) is 9.80 Å². The maximum Gasteiger partial charge on any atom is 0.223 e. The number of rotatable bonds is 4. The minimum Gasteiger partial charge on any atom is -0.366 e. The third kappa shape index (κ3) is 4.22. The fraction of sp³-hybridized carbons (Fsp3) is 0.611. The van der Waals surface area contributed by atoms with Crippen molar-refractivity contribution < 1.29 is 9.18 Å². The van der Waals surface area contributed by atoms with Gasteiger partial charge in [0.15, 0.2) is 0 Å². The molecule has 23 heavy (non-hydrogen) atoms. The molecule has 2 heterocycles. The third-order valence-corrected chi connectivity index (χ3v) is 4.92. The number of likely N-dealkylation sites (tertiary alicyclic amines) is 1. The van der Waals surface area contributed by atoms with Crippen LogP contribution in [-0.2, 0) is 4.79 Å². The van der Waals surface area contributed by atoms with Crippen molar-refractivity contribution in [3.63, 3.8) is 0 Å². The molecule has 0 aliphatic carbocycles. The minimum atomic E-state index is -0.183. The smallest absolute Gasteiger partial charge is 0.223 e. The van der Waals surface area contributed by atoms with E-state index in [-0.39, 0.29) is 11.7 Å². The predicted octanol–water partition coefficient (Wildman–Crippen LogP) is 2.35. The molecule has 2 saturated heterocycles. The molecule has 5 heteroatoms. The maximum absolute atomic E-state index is 13.8. The summed E-state index contributed by atoms with van der Waals surface area (Å²) in [5.41, 5.74) is 0.646. The number of anilines is 1. The monoisotopic (exact) mass is 319 g/mol. The molecule has 3 rings (SSSR count). The summed E-state index contributed by atoms with van der Waals surface area (Å²) in [5, 5.41) is 0. The number of piperidine rings is 1. The number of nitrogens with zero attached hydrogens (tertiary/aromatic N) is 3. The van der Waals surface area contributed by atoms with Crippen molar-refractivity contribution in [2.24, 2.45) is 0 Å². The molecule has 2 aliphatic rings. The highest BCUT2D eigenvalue weighted by molar-refractivity contribution is 5.76. The molecule has 2 aliphatic heterocycles. The average Bonchev–Trinajstić information content (AvgIpc) is 2.61. The Balaban J connectivity index is 1.45. The van der Waals surface area contributed by atoms with Crippen LogP contribution < -0.4 is 4.90 Å². The van der Waals surface area contributed by atoms with Gasteiger partial charge in [-0.15, -0.1) is 0 Å². The number of para-hydroxylation sites is 1. The molecule has 126 valence electrons. The van der Waals surface area contributed by atoms with Crippen LogP contribution in [0.15, 0.2) is 24.3 Å². The van der Waals surface area contributed by atoms with E-state index in [2.05, 4.69) is 4.90 Å². The summed E-state index contributed by atoms with van der Waals surface area (Å²) in [7, 11) is 0. The number of carbonyl (C=O) groups is 1. The Morgan fingerprint density at radius 3 is 2.35 bits per heavy atom. The number of piperazine rings is 1. The first-order valence-electron chi connectivity index (χ1n) is 8.73. The Bertz CT molecular complexity index is 523. The summed E-state index contributed by atoms with van der Waals surface area (Å²) in [5.74, 6) is 0.0566. The SMILES string of the molecule is O=C(CCN1CCCCC1)N1CCN(c2ccccc2F)CC1. The van der Waals surface area contributed by atoms with E-state index in [0.29, 0.717) is 38.3 Å². The van der Waals surface area contributed by atoms with Crippen molar-refractivity contribution in [2.45, 2.75) is 25.7 Å². The number of hydrogen-bond donors (Lipinski definition) is 0. The molecular formula is C18H26FN3O. The van der Waals surface area contributed by atoms with Crippen LogP contribution in [0.4, 0.5) is 10.1 Å². The molecule has 1 aromatic carbocycles. The summed E-state index contributed by atoms with van der Waals surface area (Å²) >= 11 is 0. The molecular weight excluding hydrogens is 293 g/mol. The Kier molecular flexibility index (Phi) is 5.49. The molecule has 1 amide bonds. The third-order valence-electron chi connectivity index (χ3n) is 4.92. The quantitative estimate of drug-likeness (QED) is 0.852. The van der Waals surface area contributed by atoms with Crippen LogP contribution in [0.5, 0.6) is 0 Å². The molecule has 0 saturated carbocycles. The summed E-state index contributed by atoms with van der Waals surface area (Å²) < 4.78 is 13.8. The highest BCUT2D eigenvalue weighted by atomic mass is 19.1. The van der Waals surface area contributed by atoms with Crippen LogP contribution in [0.1, 0.15) is 25.7 Å². The molecule has 0 radical (unpaired) electrons. The molecule has 0 spiro atoms. The van der Waals surface area contributed by atoms with Gasteiger partial charge in [-0.05, 0) is 38.1 Å². The van der Waals surface area contributed by atoms with Gasteiger partial charge in [0.25, 0.3) is 0 Å². The minimum absolute atomic E-state index is 0.183. The number of halogens is 1. The van der Waals surface area contributed by atoms with Crippen LogP contribution in [0.2, 0.25) is 0 Å². The first-order chi connectivity index (χ1) is 11.2. The molecule has 0 atom stereocenters. The average molecular weight is 319 g/mol. The topological polar surface area (TPSA) is 26.8 Å². The van der Waals surface area contributed by atoms with E-state index >= 15 is 0 Å². The van der Waals surface area contributed by atoms with Gasteiger partial charge in [0.2, 0.25) is 5.91 Å². The standard InChI is InChI=1S/C18H26FN3O/c19-16-6-2-3-7-17(16)21-12-14-22(15-13-21)18(23)8-11-20-9-4-1-5-10-20/h2-3,6-7H,1,4-5,8-15H2. The lowest BCUT2D eigenvalue weighted by molar-refractivity contribution is -0.131. The second-order valence-corrected chi connectivity index (χ2v) is 6.47. The zero-order valence-corrected chi connectivity index (χ0v) is 13.7. The Morgan fingerprint density at radius 2 is 1.65 bits per heavy atom. The second kappa shape index (κ2) is 7.77. The lowest BCUT2D eigenvalue weighted by Gasteiger charge is -2.36. The van der Waals surface area contributed by atoms with Gasteiger partial charge in [0, 0.05) is 39.1 Å². The summed E-state index contributed by atoms with van der Waals surface area (Å²) in [6, 6.07) is 6.86. The number of benzene rings is 1. The van der Waals surface area contributed by atoms with Gasteiger partial charge in [0.05, 0.1) is 5.69 Å². The summed E-state index contributed by atoms with van der Waals surface area (Å²) in [4.78, 5) is 18.7. The summed E-state index contributed by atoms with van der Waals surface area (Å²) in [6.45, 7) is 5.93. The highest BCUT2D eigenvalue weighted by Crippen LogP contribution is 2.20. The highest BCUT2D eigenvalue weighted by Gasteiger charge is 2.23. The van der Waals surface area contributed by atoms with Gasteiger partial charge >= 0.3 is 0 Å². The van der Waals surface area contributed by atoms with Gasteiger partial charge in [-0.1, -0.05) is 18.6 Å². The van der Waals surface area contributed by atoms with Crippen LogP contribution in [-0.4, -0.2) is 61.5 Å². The Morgan fingerprint density at radius 1 is 0.957 bits per heavy atom. The Hall–Kier alpha value is -1.62. The normalized spacial score (nSPS) is 19.9. The van der Waals surface area contributed by atoms with E-state index in [0.717, 1.165) is 19.6 Å². The van der Waals surface area contributed by atoms with Crippen molar-refractivity contribution >= 4 is 11.6 Å². The van der Waals surface area contributed by atoms with Crippen LogP contribution in [0.3, 0.4) is 0 Å². The molecule has 0 aromatic heterocycles. The fourth-order valence-electron chi connectivity index (χ4n) is 3.50. The zero-order chi connectivity index (χ0) is 16.1. The van der Waals surface area contributed by atoms with Crippen molar-refractivity contribution in [2.75, 3.05) is 50.7 Å². The molecule has 1 aromatic rings. The van der Waals surface area contributed by atoms with Crippen LogP contribution in [0, 0.1) is 5.82 Å². The first-order valence-corrected chi connectivity index (χ1v) is 8.73. The number of hydrogen-bond acceptors (Lipinski definition) is 3. The van der Waals surface area contributed by atoms with Crippen LogP contribution >= 0.6 is 0 Å². The van der Waals surface area contributed by atoms with Gasteiger partial charge in [-0.25, -0.2) is 4.39 Å². The predicted molar refractivity (Wildman–Crippen MR) is 90.1 cm³/mol. The Labute approximate surface area is 137 Å². The van der Waals surface area contributed by atoms with Gasteiger partial charge in [-0.2, -0.15) is 0 Å². The molecule has 2 fully saturated rings. The molecule has 0 unspecified atom stereocenters. The maximum atomic E-state index is 13.8. The van der Waals surface area contributed by atoms with E-state index in [1.807, 2.05) is 21.9 Å². The fourth-order valence-corrected chi connectivity index (χ4v) is 3.50. The second-order valence-electron chi connectivity index (χ2n) is 6.47. The van der Waals surface area contributed by atoms with Gasteiger partial charge in [0.1, 0.15) is 5.82 Å². The molecule has 0 bridgehead atoms. The molecule has 0 N–H and O–H groups in total. The van der Waals surface area contributed by atoms with Crippen molar-refractivity contribution in [1.29, 1.82) is 0 Å². The van der Waals surface area contributed by atoms with Crippen molar-refractivity contribution in [3.8, 4) is 0 Å². The van der Waals surface area contributed by atoms with Crippen LogP contribution in [0.25, 0.3) is 0 Å². The first kappa shape index (κ1) is 16.2. The zero-order valence-electron chi connectivity index (χ0n) is 13.7. The number of carbonyl (C=O) groups excluding carboxylic acids is 1. The van der Waals surface area contributed by atoms with E-state index in [4.69, 9.17) is 0 Å².